The number of hydrogen-bond acceptors (Lipinski definition) is 4. The molecule has 0 saturated carbocycles. The lowest BCUT2D eigenvalue weighted by atomic mass is 10.2. The van der Waals surface area contributed by atoms with Gasteiger partial charge in [0.25, 0.3) is 0 Å². The Morgan fingerprint density at radius 1 is 1.59 bits per heavy atom. The fourth-order valence-electron chi connectivity index (χ4n) is 1.53. The number of nitrogens with one attached hydrogen (secondary N) is 1. The molecule has 5 nitrogen and oxygen atoms in total. The molecule has 0 bridgehead atoms. The van der Waals surface area contributed by atoms with E-state index in [0.717, 1.165) is 0 Å². The molecule has 0 aliphatic rings. The van der Waals surface area contributed by atoms with Crippen LogP contribution in [0.3, 0.4) is 0 Å². The molecule has 0 aliphatic heterocycles. The van der Waals surface area contributed by atoms with Crippen LogP contribution in [0.4, 0.5) is 5.69 Å². The standard InChI is InChI=1S/C12H16N4O/c1-3-14-12(17)9-16(4-2)11-6-5-7-15-10(11)8-13/h5-7H,3-4,9H2,1-2H3,(H,14,17). The molecule has 0 spiro atoms. The average Bonchev–Trinajstić information content (AvgIpc) is 2.36. The molecule has 1 aromatic heterocycles. The van der Waals surface area contributed by atoms with Crippen molar-refractivity contribution < 1.29 is 4.79 Å². The minimum Gasteiger partial charge on any atom is -0.360 e. The summed E-state index contributed by atoms with van der Waals surface area (Å²) in [6, 6.07) is 5.59. The number of aromatic nitrogens is 1. The van der Waals surface area contributed by atoms with Crippen molar-refractivity contribution in [3.63, 3.8) is 0 Å². The van der Waals surface area contributed by atoms with E-state index in [4.69, 9.17) is 5.26 Å². The van der Waals surface area contributed by atoms with E-state index in [1.165, 1.54) is 0 Å². The van der Waals surface area contributed by atoms with E-state index < -0.39 is 0 Å². The first-order valence-electron chi connectivity index (χ1n) is 5.59. The van der Waals surface area contributed by atoms with E-state index >= 15 is 0 Å². The van der Waals surface area contributed by atoms with Crippen LogP contribution in [-0.2, 0) is 4.79 Å². The average molecular weight is 232 g/mol. The van der Waals surface area contributed by atoms with Crippen LogP contribution >= 0.6 is 0 Å². The zero-order valence-corrected chi connectivity index (χ0v) is 10.1. The predicted molar refractivity (Wildman–Crippen MR) is 65.5 cm³/mol. The summed E-state index contributed by atoms with van der Waals surface area (Å²) in [7, 11) is 0. The van der Waals surface area contributed by atoms with Crippen LogP contribution in [0.1, 0.15) is 19.5 Å². The molecule has 0 unspecified atom stereocenters. The zero-order chi connectivity index (χ0) is 12.7. The van der Waals surface area contributed by atoms with Crippen molar-refractivity contribution in [2.24, 2.45) is 0 Å². The van der Waals surface area contributed by atoms with Gasteiger partial charge in [-0.1, -0.05) is 0 Å². The SMILES string of the molecule is CCNC(=O)CN(CC)c1cccnc1C#N. The zero-order valence-electron chi connectivity index (χ0n) is 10.1. The molecule has 0 aliphatic carbocycles. The summed E-state index contributed by atoms with van der Waals surface area (Å²) in [5.41, 5.74) is 1.04. The van der Waals surface area contributed by atoms with Crippen LogP contribution in [0.2, 0.25) is 0 Å². The number of rotatable bonds is 5. The Morgan fingerprint density at radius 2 is 2.35 bits per heavy atom. The van der Waals surface area contributed by atoms with E-state index in [1.54, 1.807) is 18.3 Å². The van der Waals surface area contributed by atoms with Gasteiger partial charge in [-0.25, -0.2) is 4.98 Å². The monoisotopic (exact) mass is 232 g/mol. The van der Waals surface area contributed by atoms with Gasteiger partial charge in [-0.3, -0.25) is 4.79 Å². The summed E-state index contributed by atoms with van der Waals surface area (Å²) in [6.45, 7) is 5.31. The molecule has 0 aromatic carbocycles. The molecular formula is C12H16N4O. The van der Waals surface area contributed by atoms with E-state index in [9.17, 15) is 4.79 Å². The van der Waals surface area contributed by atoms with Gasteiger partial charge in [0.05, 0.1) is 12.2 Å². The molecule has 0 fully saturated rings. The topological polar surface area (TPSA) is 69.0 Å². The Balaban J connectivity index is 2.87. The van der Waals surface area contributed by atoms with Crippen LogP contribution in [0.5, 0.6) is 0 Å². The number of amides is 1. The highest BCUT2D eigenvalue weighted by atomic mass is 16.2. The quantitative estimate of drug-likeness (QED) is 0.819. The van der Waals surface area contributed by atoms with Crippen LogP contribution < -0.4 is 10.2 Å². The Kier molecular flexibility index (Phi) is 4.95. The molecule has 5 heteroatoms. The summed E-state index contributed by atoms with van der Waals surface area (Å²) in [6.07, 6.45) is 1.57. The molecule has 17 heavy (non-hydrogen) atoms. The second kappa shape index (κ2) is 6.48. The van der Waals surface area contributed by atoms with Crippen LogP contribution in [-0.4, -0.2) is 30.5 Å². The van der Waals surface area contributed by atoms with Crippen LogP contribution in [0.15, 0.2) is 18.3 Å². The second-order valence-electron chi connectivity index (χ2n) is 3.45. The first-order chi connectivity index (χ1) is 8.22. The second-order valence-corrected chi connectivity index (χ2v) is 3.45. The van der Waals surface area contributed by atoms with Crippen LogP contribution in [0, 0.1) is 11.3 Å². The lowest BCUT2D eigenvalue weighted by Gasteiger charge is -2.22. The number of nitrogens with zero attached hydrogens (tertiary/aromatic N) is 3. The molecule has 1 aromatic rings. The van der Waals surface area contributed by atoms with Crippen molar-refractivity contribution in [1.82, 2.24) is 10.3 Å². The minimum absolute atomic E-state index is 0.0536. The van der Waals surface area contributed by atoms with Crippen molar-refractivity contribution in [3.05, 3.63) is 24.0 Å². The van der Waals surface area contributed by atoms with Gasteiger partial charge in [0.2, 0.25) is 5.91 Å². The van der Waals surface area contributed by atoms with E-state index in [2.05, 4.69) is 10.3 Å². The maximum atomic E-state index is 11.5. The molecule has 1 rings (SSSR count). The summed E-state index contributed by atoms with van der Waals surface area (Å²) in [5.74, 6) is -0.0536. The van der Waals surface area contributed by atoms with Gasteiger partial charge in [0, 0.05) is 19.3 Å². The number of nitriles is 1. The Labute approximate surface area is 101 Å². The van der Waals surface area contributed by atoms with Crippen LogP contribution in [0.25, 0.3) is 0 Å². The number of carbonyl (C=O) groups excluding carboxylic acids is 1. The first-order valence-corrected chi connectivity index (χ1v) is 5.59. The normalized spacial score (nSPS) is 9.47. The number of carbonyl (C=O) groups is 1. The van der Waals surface area contributed by atoms with Gasteiger partial charge in [0.15, 0.2) is 5.69 Å². The van der Waals surface area contributed by atoms with Crippen molar-refractivity contribution in [3.8, 4) is 6.07 Å². The van der Waals surface area contributed by atoms with Crippen molar-refractivity contribution in [2.75, 3.05) is 24.5 Å². The summed E-state index contributed by atoms with van der Waals surface area (Å²) in [4.78, 5) is 17.3. The highest BCUT2D eigenvalue weighted by molar-refractivity contribution is 5.81. The van der Waals surface area contributed by atoms with Gasteiger partial charge in [-0.2, -0.15) is 5.26 Å². The minimum atomic E-state index is -0.0536. The summed E-state index contributed by atoms with van der Waals surface area (Å²) in [5, 5.41) is 11.7. The third-order valence-electron chi connectivity index (χ3n) is 2.32. The highest BCUT2D eigenvalue weighted by Crippen LogP contribution is 2.16. The largest absolute Gasteiger partial charge is 0.360 e. The molecular weight excluding hydrogens is 216 g/mol. The van der Waals surface area contributed by atoms with Crippen molar-refractivity contribution >= 4 is 11.6 Å². The Hall–Kier alpha value is -2.09. The maximum absolute atomic E-state index is 11.5. The van der Waals surface area contributed by atoms with Gasteiger partial charge in [-0.15, -0.1) is 0 Å². The Morgan fingerprint density at radius 3 is 2.94 bits per heavy atom. The molecule has 90 valence electrons. The number of likely N-dealkylation sites (N-methyl/N-ethyl adjacent to an activating group) is 2. The lowest BCUT2D eigenvalue weighted by Crippen LogP contribution is -2.37. The molecule has 0 atom stereocenters. The van der Waals surface area contributed by atoms with Gasteiger partial charge >= 0.3 is 0 Å². The number of hydrogen-bond donors (Lipinski definition) is 1. The fourth-order valence-corrected chi connectivity index (χ4v) is 1.53. The van der Waals surface area contributed by atoms with Gasteiger partial charge in [0.1, 0.15) is 6.07 Å². The number of pyridine rings is 1. The van der Waals surface area contributed by atoms with Gasteiger partial charge in [-0.05, 0) is 26.0 Å². The Bertz CT molecular complexity index is 425. The van der Waals surface area contributed by atoms with E-state index in [0.29, 0.717) is 24.5 Å². The van der Waals surface area contributed by atoms with Crippen molar-refractivity contribution in [1.29, 1.82) is 5.26 Å². The third-order valence-corrected chi connectivity index (χ3v) is 2.32. The summed E-state index contributed by atoms with van der Waals surface area (Å²) >= 11 is 0. The lowest BCUT2D eigenvalue weighted by molar-refractivity contribution is -0.119. The molecule has 1 N–H and O–H groups in total. The van der Waals surface area contributed by atoms with Crippen molar-refractivity contribution in [2.45, 2.75) is 13.8 Å². The van der Waals surface area contributed by atoms with E-state index in [1.807, 2.05) is 24.8 Å². The fraction of sp³-hybridized carbons (Fsp3) is 0.417. The predicted octanol–water partition coefficient (Wildman–Crippen LogP) is 0.916. The smallest absolute Gasteiger partial charge is 0.239 e. The molecule has 0 radical (unpaired) electrons. The summed E-state index contributed by atoms with van der Waals surface area (Å²) < 4.78 is 0. The first kappa shape index (κ1) is 13.0. The maximum Gasteiger partial charge on any atom is 0.239 e. The molecule has 1 amide bonds. The molecule has 1 heterocycles. The van der Waals surface area contributed by atoms with Gasteiger partial charge < -0.3 is 10.2 Å². The highest BCUT2D eigenvalue weighted by Gasteiger charge is 2.13. The van der Waals surface area contributed by atoms with E-state index in [-0.39, 0.29) is 12.5 Å². The molecule has 0 saturated heterocycles. The number of anilines is 1. The third kappa shape index (κ3) is 3.45.